The van der Waals surface area contributed by atoms with Gasteiger partial charge in [-0.15, -0.1) is 0 Å². The van der Waals surface area contributed by atoms with Crippen molar-refractivity contribution in [1.82, 2.24) is 4.90 Å². The summed E-state index contributed by atoms with van der Waals surface area (Å²) in [7, 11) is 0. The second-order valence-electron chi connectivity index (χ2n) is 5.47. The van der Waals surface area contributed by atoms with E-state index in [0.29, 0.717) is 40.1 Å². The van der Waals surface area contributed by atoms with Gasteiger partial charge in [-0.25, -0.2) is 0 Å². The fraction of sp³-hybridized carbons (Fsp3) is 0.263. The summed E-state index contributed by atoms with van der Waals surface area (Å²) >= 11 is 11.7. The van der Waals surface area contributed by atoms with E-state index in [0.717, 1.165) is 0 Å². The number of nitrogens with one attached hydrogen (secondary N) is 1. The summed E-state index contributed by atoms with van der Waals surface area (Å²) < 4.78 is 5.38. The molecule has 2 amide bonds. The number of anilines is 1. The zero-order valence-electron chi connectivity index (χ0n) is 14.6. The Balaban J connectivity index is 1.90. The third-order valence-corrected chi connectivity index (χ3v) is 4.47. The first-order chi connectivity index (χ1) is 12.4. The number of amides is 2. The molecule has 0 bridgehead atoms. The fourth-order valence-corrected chi connectivity index (χ4v) is 2.59. The summed E-state index contributed by atoms with van der Waals surface area (Å²) in [6, 6.07) is 11.5. The summed E-state index contributed by atoms with van der Waals surface area (Å²) in [6.45, 7) is 5.01. The predicted molar refractivity (Wildman–Crippen MR) is 104 cm³/mol. The van der Waals surface area contributed by atoms with Crippen molar-refractivity contribution in [3.63, 3.8) is 0 Å². The first-order valence-corrected chi connectivity index (χ1v) is 8.97. The van der Waals surface area contributed by atoms with Gasteiger partial charge in [0.1, 0.15) is 5.75 Å². The number of halogens is 2. The van der Waals surface area contributed by atoms with Gasteiger partial charge in [-0.2, -0.15) is 0 Å². The minimum absolute atomic E-state index is 0.0316. The third kappa shape index (κ3) is 5.38. The van der Waals surface area contributed by atoms with E-state index in [1.807, 2.05) is 13.8 Å². The fourth-order valence-electron chi connectivity index (χ4n) is 2.30. The highest BCUT2D eigenvalue weighted by Gasteiger charge is 2.12. The summed E-state index contributed by atoms with van der Waals surface area (Å²) in [5.41, 5.74) is 1.17. The number of ether oxygens (including phenoxy) is 1. The maximum Gasteiger partial charge on any atom is 0.262 e. The number of nitrogens with zero attached hydrogens (tertiary/aromatic N) is 1. The lowest BCUT2D eigenvalue weighted by Crippen LogP contribution is -2.30. The van der Waals surface area contributed by atoms with Gasteiger partial charge in [0, 0.05) is 30.4 Å². The molecule has 2 rings (SSSR count). The first-order valence-electron chi connectivity index (χ1n) is 8.21. The average Bonchev–Trinajstić information content (AvgIpc) is 2.64. The normalized spacial score (nSPS) is 10.3. The van der Waals surface area contributed by atoms with Gasteiger partial charge in [0.15, 0.2) is 6.61 Å². The molecule has 0 aliphatic rings. The number of hydrogen-bond acceptors (Lipinski definition) is 3. The molecule has 0 saturated carbocycles. The Morgan fingerprint density at radius 2 is 1.65 bits per heavy atom. The van der Waals surface area contributed by atoms with Gasteiger partial charge in [0.05, 0.1) is 10.0 Å². The van der Waals surface area contributed by atoms with Crippen molar-refractivity contribution >= 4 is 40.7 Å². The third-order valence-electron chi connectivity index (χ3n) is 3.73. The summed E-state index contributed by atoms with van der Waals surface area (Å²) in [5, 5.41) is 3.49. The van der Waals surface area contributed by atoms with E-state index in [-0.39, 0.29) is 18.4 Å². The molecule has 2 aromatic rings. The van der Waals surface area contributed by atoms with Crippen LogP contribution in [0.5, 0.6) is 5.75 Å². The summed E-state index contributed by atoms with van der Waals surface area (Å²) in [5.74, 6) is 0.101. The maximum atomic E-state index is 12.2. The van der Waals surface area contributed by atoms with Crippen LogP contribution in [0.3, 0.4) is 0 Å². The van der Waals surface area contributed by atoms with Crippen LogP contribution in [0.1, 0.15) is 24.2 Å². The van der Waals surface area contributed by atoms with E-state index >= 15 is 0 Å². The molecule has 0 unspecified atom stereocenters. The van der Waals surface area contributed by atoms with E-state index < -0.39 is 0 Å². The van der Waals surface area contributed by atoms with Crippen LogP contribution < -0.4 is 10.1 Å². The molecule has 2 aromatic carbocycles. The molecule has 0 fully saturated rings. The maximum absolute atomic E-state index is 12.2. The Kier molecular flexibility index (Phi) is 7.30. The zero-order valence-corrected chi connectivity index (χ0v) is 16.1. The molecule has 0 aromatic heterocycles. The molecule has 0 aliphatic heterocycles. The van der Waals surface area contributed by atoms with Gasteiger partial charge in [0.2, 0.25) is 0 Å². The van der Waals surface area contributed by atoms with Crippen molar-refractivity contribution in [2.75, 3.05) is 25.0 Å². The van der Waals surface area contributed by atoms with Crippen LogP contribution in [-0.4, -0.2) is 36.4 Å². The lowest BCUT2D eigenvalue weighted by molar-refractivity contribution is -0.118. The number of benzene rings is 2. The number of carbonyl (C=O) groups excluding carboxylic acids is 2. The average molecular weight is 395 g/mol. The van der Waals surface area contributed by atoms with Crippen LogP contribution in [0, 0.1) is 0 Å². The van der Waals surface area contributed by atoms with Crippen LogP contribution in [0.15, 0.2) is 42.5 Å². The zero-order chi connectivity index (χ0) is 19.1. The Hall–Kier alpha value is -2.24. The van der Waals surface area contributed by atoms with E-state index in [1.165, 1.54) is 0 Å². The van der Waals surface area contributed by atoms with E-state index in [1.54, 1.807) is 47.4 Å². The first kappa shape index (κ1) is 20.1. The van der Waals surface area contributed by atoms with Gasteiger partial charge in [0.25, 0.3) is 11.8 Å². The van der Waals surface area contributed by atoms with Crippen molar-refractivity contribution in [3.8, 4) is 5.75 Å². The number of rotatable bonds is 7. The van der Waals surface area contributed by atoms with E-state index in [9.17, 15) is 9.59 Å². The smallest absolute Gasteiger partial charge is 0.262 e. The predicted octanol–water partition coefficient (Wildman–Crippen LogP) is 4.49. The number of hydrogen-bond donors (Lipinski definition) is 1. The molecule has 0 spiro atoms. The van der Waals surface area contributed by atoms with Crippen molar-refractivity contribution in [2.45, 2.75) is 13.8 Å². The van der Waals surface area contributed by atoms with Crippen molar-refractivity contribution < 1.29 is 14.3 Å². The van der Waals surface area contributed by atoms with Crippen molar-refractivity contribution in [3.05, 3.63) is 58.1 Å². The standard InChI is InChI=1S/C19H20Cl2N2O3/c1-3-23(4-2)19(25)13-5-7-14(8-6-13)22-18(24)12-26-15-9-10-16(20)17(21)11-15/h5-11H,3-4,12H2,1-2H3,(H,22,24). The monoisotopic (exact) mass is 394 g/mol. The minimum atomic E-state index is -0.320. The molecule has 7 heteroatoms. The molecule has 0 atom stereocenters. The largest absolute Gasteiger partial charge is 0.484 e. The summed E-state index contributed by atoms with van der Waals surface area (Å²) in [6.07, 6.45) is 0. The van der Waals surface area contributed by atoms with Crippen molar-refractivity contribution in [2.24, 2.45) is 0 Å². The van der Waals surface area contributed by atoms with Gasteiger partial charge in [-0.1, -0.05) is 23.2 Å². The van der Waals surface area contributed by atoms with Crippen LogP contribution in [-0.2, 0) is 4.79 Å². The van der Waals surface area contributed by atoms with Gasteiger partial charge in [-0.05, 0) is 50.2 Å². The van der Waals surface area contributed by atoms with E-state index in [2.05, 4.69) is 5.32 Å². The van der Waals surface area contributed by atoms with E-state index in [4.69, 9.17) is 27.9 Å². The highest BCUT2D eigenvalue weighted by molar-refractivity contribution is 6.42. The Bertz CT molecular complexity index is 775. The number of carbonyl (C=O) groups is 2. The van der Waals surface area contributed by atoms with Crippen LogP contribution in [0.4, 0.5) is 5.69 Å². The van der Waals surface area contributed by atoms with Gasteiger partial charge < -0.3 is 15.0 Å². The van der Waals surface area contributed by atoms with Gasteiger partial charge >= 0.3 is 0 Å². The topological polar surface area (TPSA) is 58.6 Å². The lowest BCUT2D eigenvalue weighted by Gasteiger charge is -2.18. The lowest BCUT2D eigenvalue weighted by atomic mass is 10.2. The molecular weight excluding hydrogens is 375 g/mol. The molecule has 0 saturated heterocycles. The second kappa shape index (κ2) is 9.46. The van der Waals surface area contributed by atoms with Crippen molar-refractivity contribution in [1.29, 1.82) is 0 Å². The molecule has 0 heterocycles. The highest BCUT2D eigenvalue weighted by atomic mass is 35.5. The quantitative estimate of drug-likeness (QED) is 0.752. The molecule has 0 radical (unpaired) electrons. The molecular formula is C19H20Cl2N2O3. The minimum Gasteiger partial charge on any atom is -0.484 e. The molecule has 0 aliphatic carbocycles. The second-order valence-corrected chi connectivity index (χ2v) is 6.28. The summed E-state index contributed by atoms with van der Waals surface area (Å²) in [4.78, 5) is 26.0. The molecule has 138 valence electrons. The SMILES string of the molecule is CCN(CC)C(=O)c1ccc(NC(=O)COc2ccc(Cl)c(Cl)c2)cc1. The molecule has 1 N–H and O–H groups in total. The van der Waals surface area contributed by atoms with Gasteiger partial charge in [-0.3, -0.25) is 9.59 Å². The van der Waals surface area contributed by atoms with Crippen LogP contribution in [0.25, 0.3) is 0 Å². The molecule has 5 nitrogen and oxygen atoms in total. The Labute approximate surface area is 162 Å². The van der Waals surface area contributed by atoms with Crippen LogP contribution in [0.2, 0.25) is 10.0 Å². The highest BCUT2D eigenvalue weighted by Crippen LogP contribution is 2.26. The van der Waals surface area contributed by atoms with Crippen LogP contribution >= 0.6 is 23.2 Å². The Morgan fingerprint density at radius 3 is 2.23 bits per heavy atom. The Morgan fingerprint density at radius 1 is 1.00 bits per heavy atom. The molecule has 26 heavy (non-hydrogen) atoms.